The van der Waals surface area contributed by atoms with E-state index in [4.69, 9.17) is 0 Å². The molecule has 3 aromatic heterocycles. The maximum atomic E-state index is 12.9. The van der Waals surface area contributed by atoms with E-state index in [1.54, 1.807) is 24.5 Å². The third-order valence-corrected chi connectivity index (χ3v) is 5.24. The molecule has 0 aliphatic carbocycles. The summed E-state index contributed by atoms with van der Waals surface area (Å²) in [5.74, 6) is -0.208. The normalized spacial score (nSPS) is 15.1. The number of likely N-dealkylation sites (tertiary alicyclic amines) is 1. The fourth-order valence-corrected chi connectivity index (χ4v) is 3.54. The molecule has 0 spiro atoms. The summed E-state index contributed by atoms with van der Waals surface area (Å²) in [7, 11) is 0. The molecule has 3 aromatic rings. The fourth-order valence-electron chi connectivity index (χ4n) is 2.70. The summed E-state index contributed by atoms with van der Waals surface area (Å²) < 4.78 is 39.9. The lowest BCUT2D eigenvalue weighted by molar-refractivity contribution is -0.139. The lowest BCUT2D eigenvalue weighted by Crippen LogP contribution is -2.52. The topological polar surface area (TPSA) is 51.0 Å². The highest BCUT2D eigenvalue weighted by atomic mass is 32.1. The second-order valence-corrected chi connectivity index (χ2v) is 6.94. The molecule has 1 aliphatic rings. The van der Waals surface area contributed by atoms with E-state index in [1.807, 2.05) is 0 Å². The Morgan fingerprint density at radius 2 is 2.12 bits per heavy atom. The zero-order valence-corrected chi connectivity index (χ0v) is 13.7. The molecule has 0 radical (unpaired) electrons. The number of hydrogen-bond acceptors (Lipinski definition) is 4. The van der Waals surface area contributed by atoms with Gasteiger partial charge in [-0.2, -0.15) is 5.10 Å². The molecule has 4 rings (SSSR count). The van der Waals surface area contributed by atoms with Crippen molar-refractivity contribution < 1.29 is 18.0 Å². The van der Waals surface area contributed by atoms with Gasteiger partial charge in [-0.25, -0.2) is 13.2 Å². The van der Waals surface area contributed by atoms with E-state index < -0.39 is 12.6 Å². The van der Waals surface area contributed by atoms with E-state index >= 15 is 0 Å². The van der Waals surface area contributed by atoms with Crippen LogP contribution < -0.4 is 0 Å². The van der Waals surface area contributed by atoms with Crippen LogP contribution >= 0.6 is 11.3 Å². The molecule has 9 heteroatoms. The van der Waals surface area contributed by atoms with Crippen LogP contribution in [0.25, 0.3) is 21.5 Å². The van der Waals surface area contributed by atoms with Gasteiger partial charge in [-0.05, 0) is 18.2 Å². The zero-order valence-electron chi connectivity index (χ0n) is 12.9. The van der Waals surface area contributed by atoms with Crippen LogP contribution in [0.1, 0.15) is 11.3 Å². The average molecular weight is 366 g/mol. The van der Waals surface area contributed by atoms with Gasteiger partial charge in [0.1, 0.15) is 18.2 Å². The highest BCUT2D eigenvalue weighted by molar-refractivity contribution is 7.15. The van der Waals surface area contributed by atoms with Crippen LogP contribution in [-0.2, 0) is 11.3 Å². The number of carbonyl (C=O) groups is 1. The lowest BCUT2D eigenvalue weighted by atomic mass is 10.2. The molecule has 130 valence electrons. The second-order valence-electron chi connectivity index (χ2n) is 5.83. The van der Waals surface area contributed by atoms with Crippen molar-refractivity contribution in [2.24, 2.45) is 0 Å². The summed E-state index contributed by atoms with van der Waals surface area (Å²) in [4.78, 5) is 18.5. The monoisotopic (exact) mass is 366 g/mol. The van der Waals surface area contributed by atoms with Crippen molar-refractivity contribution in [3.05, 3.63) is 35.5 Å². The number of alkyl halides is 3. The Morgan fingerprint density at radius 1 is 1.32 bits per heavy atom. The molecule has 0 bridgehead atoms. The van der Waals surface area contributed by atoms with Gasteiger partial charge in [0, 0.05) is 16.6 Å². The highest BCUT2D eigenvalue weighted by Crippen LogP contribution is 2.34. The minimum absolute atomic E-state index is 0.00246. The van der Waals surface area contributed by atoms with Crippen LogP contribution in [0.3, 0.4) is 0 Å². The Morgan fingerprint density at radius 3 is 2.80 bits per heavy atom. The molecule has 25 heavy (non-hydrogen) atoms. The number of fused-ring (bicyclic) bond motifs is 1. The number of thiophene rings is 1. The summed E-state index contributed by atoms with van der Waals surface area (Å²) in [5, 5.41) is 4.16. The van der Waals surface area contributed by atoms with Crippen molar-refractivity contribution in [2.75, 3.05) is 13.1 Å². The average Bonchev–Trinajstić information content (AvgIpc) is 3.19. The van der Waals surface area contributed by atoms with Gasteiger partial charge >= 0.3 is 0 Å². The maximum absolute atomic E-state index is 12.9. The maximum Gasteiger partial charge on any atom is 0.272 e. The fraction of sp³-hybridized carbons (Fsp3) is 0.312. The third-order valence-electron chi connectivity index (χ3n) is 4.10. The van der Waals surface area contributed by atoms with Gasteiger partial charge in [-0.15, -0.1) is 11.3 Å². The molecular formula is C16H13F3N4OS. The van der Waals surface area contributed by atoms with Crippen molar-refractivity contribution in [3.63, 3.8) is 0 Å². The largest absolute Gasteiger partial charge is 0.335 e. The summed E-state index contributed by atoms with van der Waals surface area (Å²) in [6.45, 7) is 0.231. The van der Waals surface area contributed by atoms with Crippen LogP contribution in [-0.4, -0.2) is 44.8 Å². The molecule has 5 nitrogen and oxygen atoms in total. The van der Waals surface area contributed by atoms with Gasteiger partial charge in [-0.3, -0.25) is 14.5 Å². The number of halogens is 3. The summed E-state index contributed by atoms with van der Waals surface area (Å²) in [5.41, 5.74) is 1.93. The van der Waals surface area contributed by atoms with Crippen LogP contribution in [0.2, 0.25) is 0 Å². The second kappa shape index (κ2) is 6.14. The molecule has 1 fully saturated rings. The molecule has 0 N–H and O–H groups in total. The molecule has 1 aliphatic heterocycles. The van der Waals surface area contributed by atoms with Gasteiger partial charge in [0.05, 0.1) is 29.7 Å². The number of aromatic nitrogens is 3. The Hall–Kier alpha value is -2.42. The predicted octanol–water partition coefficient (Wildman–Crippen LogP) is 3.28. The van der Waals surface area contributed by atoms with Gasteiger partial charge < -0.3 is 4.90 Å². The summed E-state index contributed by atoms with van der Waals surface area (Å²) >= 11 is 1.01. The first-order valence-corrected chi connectivity index (χ1v) is 8.44. The first kappa shape index (κ1) is 16.1. The molecule has 0 aromatic carbocycles. The number of carbonyl (C=O) groups excluding carboxylic acids is 1. The number of rotatable bonds is 4. The molecule has 1 amide bonds. The molecule has 0 atom stereocenters. The van der Waals surface area contributed by atoms with E-state index in [9.17, 15) is 18.0 Å². The number of amides is 1. The van der Waals surface area contributed by atoms with Crippen LogP contribution in [0, 0.1) is 0 Å². The van der Waals surface area contributed by atoms with Gasteiger partial charge in [0.15, 0.2) is 0 Å². The lowest BCUT2D eigenvalue weighted by Gasteiger charge is -2.34. The van der Waals surface area contributed by atoms with Crippen LogP contribution in [0.15, 0.2) is 30.6 Å². The van der Waals surface area contributed by atoms with Crippen molar-refractivity contribution in [3.8, 4) is 10.4 Å². The van der Waals surface area contributed by atoms with E-state index in [1.165, 1.54) is 15.6 Å². The molecule has 1 saturated heterocycles. The van der Waals surface area contributed by atoms with E-state index in [0.29, 0.717) is 21.5 Å². The molecule has 0 saturated carbocycles. The summed E-state index contributed by atoms with van der Waals surface area (Å²) in [6.07, 6.45) is -0.316. The smallest absolute Gasteiger partial charge is 0.272 e. The van der Waals surface area contributed by atoms with Crippen molar-refractivity contribution >= 4 is 28.3 Å². The Bertz CT molecular complexity index is 933. The molecular weight excluding hydrogens is 353 g/mol. The zero-order chi connectivity index (χ0) is 17.6. The van der Waals surface area contributed by atoms with Gasteiger partial charge in [0.2, 0.25) is 5.91 Å². The van der Waals surface area contributed by atoms with Crippen LogP contribution in [0.5, 0.6) is 0 Å². The SMILES string of the molecule is O=C(Cn1ncc2ncc(-c3ccc(C(F)F)s3)cc21)N1CC(F)C1. The Labute approximate surface area is 144 Å². The first-order valence-electron chi connectivity index (χ1n) is 7.63. The number of nitrogens with zero attached hydrogens (tertiary/aromatic N) is 4. The standard InChI is InChI=1S/C16H13F3N4OS/c17-10-6-22(7-10)15(24)8-23-12-3-9(4-20-11(12)5-21-23)13-1-2-14(25-13)16(18)19/h1-5,10,16H,6-8H2. The van der Waals surface area contributed by atoms with Gasteiger partial charge in [-0.1, -0.05) is 0 Å². The van der Waals surface area contributed by atoms with Crippen LogP contribution in [0.4, 0.5) is 13.2 Å². The predicted molar refractivity (Wildman–Crippen MR) is 87.3 cm³/mol. The first-order chi connectivity index (χ1) is 12.0. The number of hydrogen-bond donors (Lipinski definition) is 0. The van der Waals surface area contributed by atoms with E-state index in [-0.39, 0.29) is 30.4 Å². The van der Waals surface area contributed by atoms with Gasteiger partial charge in [0.25, 0.3) is 6.43 Å². The molecule has 4 heterocycles. The minimum Gasteiger partial charge on any atom is -0.335 e. The van der Waals surface area contributed by atoms with E-state index in [0.717, 1.165) is 11.3 Å². The number of pyridine rings is 1. The Balaban J connectivity index is 1.62. The van der Waals surface area contributed by atoms with Crippen molar-refractivity contribution in [1.82, 2.24) is 19.7 Å². The Kier molecular flexibility index (Phi) is 3.95. The highest BCUT2D eigenvalue weighted by Gasteiger charge is 2.30. The van der Waals surface area contributed by atoms with Crippen molar-refractivity contribution in [2.45, 2.75) is 19.1 Å². The van der Waals surface area contributed by atoms with Crippen molar-refractivity contribution in [1.29, 1.82) is 0 Å². The third kappa shape index (κ3) is 2.99. The van der Waals surface area contributed by atoms with E-state index in [2.05, 4.69) is 10.1 Å². The summed E-state index contributed by atoms with van der Waals surface area (Å²) in [6, 6.07) is 4.80. The molecule has 0 unspecified atom stereocenters. The minimum atomic E-state index is -2.51. The quantitative estimate of drug-likeness (QED) is 0.712.